The zero-order chi connectivity index (χ0) is 18.4. The Hall–Kier alpha value is -2.62. The van der Waals surface area contributed by atoms with Crippen LogP contribution in [0.5, 0.6) is 0 Å². The Kier molecular flexibility index (Phi) is 6.34. The number of carbonyl (C=O) groups excluding carboxylic acids is 2. The highest BCUT2D eigenvalue weighted by Gasteiger charge is 2.23. The van der Waals surface area contributed by atoms with Gasteiger partial charge in [0.25, 0.3) is 0 Å². The van der Waals surface area contributed by atoms with Crippen molar-refractivity contribution in [1.82, 2.24) is 5.32 Å². The van der Waals surface area contributed by atoms with E-state index in [0.717, 1.165) is 23.2 Å². The van der Waals surface area contributed by atoms with Gasteiger partial charge in [0.05, 0.1) is 6.04 Å². The maximum Gasteiger partial charge on any atom is 0.316 e. The summed E-state index contributed by atoms with van der Waals surface area (Å²) in [6.07, 6.45) is 0.974. The Balaban J connectivity index is 2.08. The summed E-state index contributed by atoms with van der Waals surface area (Å²) in [4.78, 5) is 26.5. The number of hydrogen-bond acceptors (Lipinski definition) is 2. The average molecular weight is 338 g/mol. The maximum atomic E-state index is 12.6. The molecule has 2 aromatic rings. The second-order valence-electron chi connectivity index (χ2n) is 6.18. The lowest BCUT2D eigenvalue weighted by molar-refractivity contribution is -0.138. The fourth-order valence-electron chi connectivity index (χ4n) is 2.75. The Morgan fingerprint density at radius 2 is 1.76 bits per heavy atom. The van der Waals surface area contributed by atoms with Gasteiger partial charge in [-0.05, 0) is 56.0 Å². The number of aryl methyl sites for hydroxylation is 2. The molecule has 1 atom stereocenters. The van der Waals surface area contributed by atoms with E-state index in [1.807, 2.05) is 69.3 Å². The van der Waals surface area contributed by atoms with Crippen molar-refractivity contribution in [3.05, 3.63) is 65.2 Å². The highest BCUT2D eigenvalue weighted by Crippen LogP contribution is 2.17. The summed E-state index contributed by atoms with van der Waals surface area (Å²) in [6, 6.07) is 15.4. The second-order valence-corrected chi connectivity index (χ2v) is 6.18. The molecule has 2 aromatic carbocycles. The molecule has 0 saturated carbocycles. The number of benzene rings is 2. The van der Waals surface area contributed by atoms with Crippen molar-refractivity contribution >= 4 is 17.5 Å². The van der Waals surface area contributed by atoms with E-state index in [4.69, 9.17) is 0 Å². The van der Waals surface area contributed by atoms with Crippen molar-refractivity contribution in [2.24, 2.45) is 0 Å². The minimum Gasteiger partial charge on any atom is -0.341 e. The molecule has 0 bridgehead atoms. The van der Waals surface area contributed by atoms with Crippen molar-refractivity contribution in [2.45, 2.75) is 40.2 Å². The molecule has 0 aromatic heterocycles. The summed E-state index contributed by atoms with van der Waals surface area (Å²) in [5.74, 6) is -1.12. The van der Waals surface area contributed by atoms with E-state index in [1.165, 1.54) is 10.5 Å². The van der Waals surface area contributed by atoms with Gasteiger partial charge < -0.3 is 10.2 Å². The van der Waals surface area contributed by atoms with Gasteiger partial charge in [0.2, 0.25) is 0 Å². The Morgan fingerprint density at radius 3 is 2.32 bits per heavy atom. The van der Waals surface area contributed by atoms with Crippen molar-refractivity contribution in [3.63, 3.8) is 0 Å². The van der Waals surface area contributed by atoms with Gasteiger partial charge in [0, 0.05) is 12.2 Å². The zero-order valence-electron chi connectivity index (χ0n) is 15.4. The summed E-state index contributed by atoms with van der Waals surface area (Å²) >= 11 is 0. The van der Waals surface area contributed by atoms with Crippen LogP contribution in [0.1, 0.15) is 43.5 Å². The van der Waals surface area contributed by atoms with Gasteiger partial charge in [-0.3, -0.25) is 9.59 Å². The molecule has 0 aliphatic carbocycles. The van der Waals surface area contributed by atoms with E-state index >= 15 is 0 Å². The van der Waals surface area contributed by atoms with Crippen molar-refractivity contribution in [3.8, 4) is 0 Å². The van der Waals surface area contributed by atoms with Crippen molar-refractivity contribution < 1.29 is 9.59 Å². The quantitative estimate of drug-likeness (QED) is 0.843. The van der Waals surface area contributed by atoms with Crippen LogP contribution in [0.15, 0.2) is 48.5 Å². The van der Waals surface area contributed by atoms with Crippen LogP contribution in [0.4, 0.5) is 5.69 Å². The molecule has 1 N–H and O–H groups in total. The molecule has 1 unspecified atom stereocenters. The lowest BCUT2D eigenvalue weighted by Gasteiger charge is -2.22. The fraction of sp³-hybridized carbons (Fsp3) is 0.333. The van der Waals surface area contributed by atoms with Crippen LogP contribution < -0.4 is 10.2 Å². The fourth-order valence-corrected chi connectivity index (χ4v) is 2.75. The molecule has 132 valence electrons. The lowest BCUT2D eigenvalue weighted by atomic mass is 10.0. The zero-order valence-corrected chi connectivity index (χ0v) is 15.4. The second kappa shape index (κ2) is 8.47. The number of anilines is 1. The van der Waals surface area contributed by atoms with Crippen LogP contribution in [0.2, 0.25) is 0 Å². The summed E-state index contributed by atoms with van der Waals surface area (Å²) in [5, 5.41) is 2.80. The predicted octanol–water partition coefficient (Wildman–Crippen LogP) is 3.79. The van der Waals surface area contributed by atoms with Crippen LogP contribution >= 0.6 is 0 Å². The molecule has 2 rings (SSSR count). The highest BCUT2D eigenvalue weighted by molar-refractivity contribution is 6.40. The molecule has 0 spiro atoms. The molecule has 0 aliphatic rings. The third kappa shape index (κ3) is 4.69. The number of nitrogens with one attached hydrogen (secondary N) is 1. The van der Waals surface area contributed by atoms with Gasteiger partial charge in [-0.25, -0.2) is 0 Å². The minimum absolute atomic E-state index is 0.224. The van der Waals surface area contributed by atoms with E-state index < -0.39 is 11.8 Å². The molecule has 0 heterocycles. The van der Waals surface area contributed by atoms with Crippen LogP contribution in [-0.2, 0) is 16.0 Å². The molecule has 2 amide bonds. The average Bonchev–Trinajstić information content (AvgIpc) is 2.62. The Morgan fingerprint density at radius 1 is 1.08 bits per heavy atom. The monoisotopic (exact) mass is 338 g/mol. The number of likely N-dealkylation sites (N-methyl/N-ethyl adjacent to an activating group) is 1. The molecular formula is C21H26N2O2. The third-order valence-corrected chi connectivity index (χ3v) is 4.30. The number of rotatable bonds is 5. The smallest absolute Gasteiger partial charge is 0.316 e. The summed E-state index contributed by atoms with van der Waals surface area (Å²) in [7, 11) is 0. The topological polar surface area (TPSA) is 49.4 Å². The molecule has 0 radical (unpaired) electrons. The van der Waals surface area contributed by atoms with E-state index in [1.54, 1.807) is 0 Å². The first-order valence-electron chi connectivity index (χ1n) is 8.74. The molecular weight excluding hydrogens is 312 g/mol. The van der Waals surface area contributed by atoms with Crippen LogP contribution in [0.3, 0.4) is 0 Å². The number of hydrogen-bond donors (Lipinski definition) is 1. The van der Waals surface area contributed by atoms with Crippen LogP contribution in [-0.4, -0.2) is 18.4 Å². The van der Waals surface area contributed by atoms with E-state index in [0.29, 0.717) is 6.54 Å². The lowest BCUT2D eigenvalue weighted by Crippen LogP contribution is -2.43. The standard InChI is InChI=1S/C21H26N2O2/c1-5-17-10-12-18(13-11-17)16(4)22-20(24)21(25)23(6-2)19-9-7-8-15(3)14-19/h7-14,16H,5-6H2,1-4H3,(H,22,24). The number of amides is 2. The van der Waals surface area contributed by atoms with Gasteiger partial charge in [-0.1, -0.05) is 43.3 Å². The molecule has 0 saturated heterocycles. The van der Waals surface area contributed by atoms with Crippen LogP contribution in [0.25, 0.3) is 0 Å². The van der Waals surface area contributed by atoms with Gasteiger partial charge in [-0.2, -0.15) is 0 Å². The van der Waals surface area contributed by atoms with Gasteiger partial charge in [0.1, 0.15) is 0 Å². The largest absolute Gasteiger partial charge is 0.341 e. The first kappa shape index (κ1) is 18.7. The minimum atomic E-state index is -0.588. The number of carbonyl (C=O) groups is 2. The van der Waals surface area contributed by atoms with E-state index in [9.17, 15) is 9.59 Å². The summed E-state index contributed by atoms with van der Waals surface area (Å²) in [6.45, 7) is 8.25. The first-order valence-corrected chi connectivity index (χ1v) is 8.74. The van der Waals surface area contributed by atoms with Crippen molar-refractivity contribution in [2.75, 3.05) is 11.4 Å². The van der Waals surface area contributed by atoms with Gasteiger partial charge >= 0.3 is 11.8 Å². The van der Waals surface area contributed by atoms with Gasteiger partial charge in [0.15, 0.2) is 0 Å². The van der Waals surface area contributed by atoms with E-state index in [2.05, 4.69) is 12.2 Å². The molecule has 4 heteroatoms. The molecule has 25 heavy (non-hydrogen) atoms. The normalized spacial score (nSPS) is 11.7. The SMILES string of the molecule is CCc1ccc(C(C)NC(=O)C(=O)N(CC)c2cccc(C)c2)cc1. The predicted molar refractivity (Wildman–Crippen MR) is 102 cm³/mol. The first-order chi connectivity index (χ1) is 12.0. The summed E-state index contributed by atoms with van der Waals surface area (Å²) in [5.41, 5.74) is 4.02. The van der Waals surface area contributed by atoms with Gasteiger partial charge in [-0.15, -0.1) is 0 Å². The molecule has 0 fully saturated rings. The third-order valence-electron chi connectivity index (χ3n) is 4.30. The number of nitrogens with zero attached hydrogens (tertiary/aromatic N) is 1. The Bertz CT molecular complexity index is 738. The Labute approximate surface area is 149 Å². The molecule has 4 nitrogen and oxygen atoms in total. The summed E-state index contributed by atoms with van der Waals surface area (Å²) < 4.78 is 0. The highest BCUT2D eigenvalue weighted by atomic mass is 16.2. The maximum absolute atomic E-state index is 12.6. The molecule has 0 aliphatic heterocycles. The van der Waals surface area contributed by atoms with Crippen molar-refractivity contribution in [1.29, 1.82) is 0 Å². The van der Waals surface area contributed by atoms with Crippen LogP contribution in [0, 0.1) is 6.92 Å². The van der Waals surface area contributed by atoms with E-state index in [-0.39, 0.29) is 6.04 Å².